The normalized spacial score (nSPS) is 11.1. The zero-order valence-corrected chi connectivity index (χ0v) is 11.9. The molecule has 2 aromatic heterocycles. The second-order valence-corrected chi connectivity index (χ2v) is 5.02. The van der Waals surface area contributed by atoms with Gasteiger partial charge in [-0.1, -0.05) is 12.1 Å². The van der Waals surface area contributed by atoms with Gasteiger partial charge in [0.2, 0.25) is 0 Å². The molecule has 0 spiro atoms. The number of H-pyrrole nitrogens is 1. The molecule has 102 valence electrons. The lowest BCUT2D eigenvalue weighted by Gasteiger charge is -2.08. The van der Waals surface area contributed by atoms with Crippen molar-refractivity contribution >= 4 is 23.1 Å². The molecule has 0 aliphatic carbocycles. The van der Waals surface area contributed by atoms with Crippen LogP contribution in [0.1, 0.15) is 5.69 Å². The van der Waals surface area contributed by atoms with Crippen molar-refractivity contribution in [3.8, 4) is 0 Å². The summed E-state index contributed by atoms with van der Waals surface area (Å²) in [4.78, 5) is 15.5. The SMILES string of the molecule is Cn1nccc1CCn1c(=S)[nH]c2ccccc2c1=O. The number of benzene rings is 1. The van der Waals surface area contributed by atoms with E-state index in [9.17, 15) is 4.79 Å². The van der Waals surface area contributed by atoms with Crippen LogP contribution in [0.2, 0.25) is 0 Å². The molecule has 0 bridgehead atoms. The highest BCUT2D eigenvalue weighted by Crippen LogP contribution is 2.07. The molecular weight excluding hydrogens is 272 g/mol. The fraction of sp³-hybridized carbons (Fsp3) is 0.214. The van der Waals surface area contributed by atoms with Gasteiger partial charge in [-0.15, -0.1) is 0 Å². The van der Waals surface area contributed by atoms with E-state index in [1.807, 2.05) is 37.4 Å². The van der Waals surface area contributed by atoms with Crippen molar-refractivity contribution in [2.24, 2.45) is 7.05 Å². The second kappa shape index (κ2) is 5.05. The molecule has 1 aromatic carbocycles. The van der Waals surface area contributed by atoms with Gasteiger partial charge in [-0.3, -0.25) is 14.0 Å². The maximum atomic E-state index is 12.4. The molecule has 0 saturated carbocycles. The lowest BCUT2D eigenvalue weighted by Crippen LogP contribution is -2.23. The Hall–Kier alpha value is -2.21. The Morgan fingerprint density at radius 3 is 2.85 bits per heavy atom. The standard InChI is InChI=1S/C14H14N4OS/c1-17-10(6-8-15-17)7-9-18-13(19)11-4-2-3-5-12(11)16-14(18)20/h2-6,8H,7,9H2,1H3,(H,16,20). The summed E-state index contributed by atoms with van der Waals surface area (Å²) >= 11 is 5.28. The van der Waals surface area contributed by atoms with Crippen molar-refractivity contribution in [2.45, 2.75) is 13.0 Å². The summed E-state index contributed by atoms with van der Waals surface area (Å²) in [5.41, 5.74) is 1.80. The Labute approximate surface area is 120 Å². The predicted molar refractivity (Wildman–Crippen MR) is 80.3 cm³/mol. The van der Waals surface area contributed by atoms with Crippen LogP contribution in [0.3, 0.4) is 0 Å². The molecular formula is C14H14N4OS. The number of fused-ring (bicyclic) bond motifs is 1. The van der Waals surface area contributed by atoms with Gasteiger partial charge in [0.25, 0.3) is 5.56 Å². The monoisotopic (exact) mass is 286 g/mol. The van der Waals surface area contributed by atoms with E-state index in [1.165, 1.54) is 0 Å². The van der Waals surface area contributed by atoms with E-state index < -0.39 is 0 Å². The lowest BCUT2D eigenvalue weighted by molar-refractivity contribution is 0.612. The smallest absolute Gasteiger partial charge is 0.262 e. The Morgan fingerprint density at radius 2 is 2.10 bits per heavy atom. The molecule has 20 heavy (non-hydrogen) atoms. The molecule has 0 atom stereocenters. The molecule has 5 nitrogen and oxygen atoms in total. The molecule has 0 radical (unpaired) electrons. The van der Waals surface area contributed by atoms with Crippen molar-refractivity contribution in [3.63, 3.8) is 0 Å². The lowest BCUT2D eigenvalue weighted by atomic mass is 10.2. The summed E-state index contributed by atoms with van der Waals surface area (Å²) in [5, 5.41) is 4.78. The van der Waals surface area contributed by atoms with Gasteiger partial charge in [0.05, 0.1) is 10.9 Å². The van der Waals surface area contributed by atoms with Crippen LogP contribution in [0.15, 0.2) is 41.3 Å². The number of aryl methyl sites for hydroxylation is 2. The second-order valence-electron chi connectivity index (χ2n) is 4.63. The molecule has 0 unspecified atom stereocenters. The minimum absolute atomic E-state index is 0.0495. The van der Waals surface area contributed by atoms with Gasteiger partial charge < -0.3 is 4.98 Å². The van der Waals surface area contributed by atoms with E-state index >= 15 is 0 Å². The Balaban J connectivity index is 2.02. The average Bonchev–Trinajstić information content (AvgIpc) is 2.84. The first-order valence-corrected chi connectivity index (χ1v) is 6.76. The number of rotatable bonds is 3. The highest BCUT2D eigenvalue weighted by atomic mass is 32.1. The minimum atomic E-state index is -0.0495. The van der Waals surface area contributed by atoms with Crippen LogP contribution in [0, 0.1) is 4.77 Å². The first-order valence-electron chi connectivity index (χ1n) is 6.35. The number of aromatic amines is 1. The third kappa shape index (κ3) is 2.18. The van der Waals surface area contributed by atoms with Crippen molar-refractivity contribution in [2.75, 3.05) is 0 Å². The van der Waals surface area contributed by atoms with E-state index in [2.05, 4.69) is 10.1 Å². The molecule has 2 heterocycles. The van der Waals surface area contributed by atoms with Crippen LogP contribution < -0.4 is 5.56 Å². The highest BCUT2D eigenvalue weighted by Gasteiger charge is 2.06. The zero-order chi connectivity index (χ0) is 14.1. The Morgan fingerprint density at radius 1 is 1.30 bits per heavy atom. The molecule has 0 aliphatic rings. The summed E-state index contributed by atoms with van der Waals surface area (Å²) in [7, 11) is 1.89. The van der Waals surface area contributed by atoms with Gasteiger partial charge in [-0.05, 0) is 30.4 Å². The third-order valence-electron chi connectivity index (χ3n) is 3.40. The van der Waals surface area contributed by atoms with Crippen molar-refractivity contribution in [1.29, 1.82) is 0 Å². The van der Waals surface area contributed by atoms with Crippen LogP contribution in [0.5, 0.6) is 0 Å². The number of aromatic nitrogens is 4. The molecule has 0 fully saturated rings. The Kier molecular flexibility index (Phi) is 3.23. The molecule has 6 heteroatoms. The third-order valence-corrected chi connectivity index (χ3v) is 3.73. The summed E-state index contributed by atoms with van der Waals surface area (Å²) in [5.74, 6) is 0. The maximum absolute atomic E-state index is 12.4. The molecule has 1 N–H and O–H groups in total. The van der Waals surface area contributed by atoms with Crippen molar-refractivity contribution in [3.05, 3.63) is 57.3 Å². The highest BCUT2D eigenvalue weighted by molar-refractivity contribution is 7.71. The summed E-state index contributed by atoms with van der Waals surface area (Å²) < 4.78 is 3.86. The van der Waals surface area contributed by atoms with Crippen LogP contribution in [-0.2, 0) is 20.0 Å². The van der Waals surface area contributed by atoms with Gasteiger partial charge in [-0.2, -0.15) is 5.10 Å². The van der Waals surface area contributed by atoms with Crippen LogP contribution in [-0.4, -0.2) is 19.3 Å². The molecule has 0 saturated heterocycles. The van der Waals surface area contributed by atoms with Gasteiger partial charge in [0.1, 0.15) is 0 Å². The summed E-state index contributed by atoms with van der Waals surface area (Å²) in [6.45, 7) is 0.540. The largest absolute Gasteiger partial charge is 0.332 e. The molecule has 0 aliphatic heterocycles. The Bertz CT molecular complexity index is 875. The predicted octanol–water partition coefficient (Wildman–Crippen LogP) is 2.04. The minimum Gasteiger partial charge on any atom is -0.332 e. The van der Waals surface area contributed by atoms with Crippen molar-refractivity contribution in [1.82, 2.24) is 19.3 Å². The first kappa shape index (κ1) is 12.8. The van der Waals surface area contributed by atoms with Gasteiger partial charge in [0, 0.05) is 31.9 Å². The van der Waals surface area contributed by atoms with Crippen LogP contribution in [0.4, 0.5) is 0 Å². The van der Waals surface area contributed by atoms with E-state index in [1.54, 1.807) is 15.4 Å². The maximum Gasteiger partial charge on any atom is 0.262 e. The van der Waals surface area contributed by atoms with Crippen molar-refractivity contribution < 1.29 is 0 Å². The number of nitrogens with one attached hydrogen (secondary N) is 1. The van der Waals surface area contributed by atoms with Crippen LogP contribution in [0.25, 0.3) is 10.9 Å². The van der Waals surface area contributed by atoms with E-state index in [0.29, 0.717) is 23.1 Å². The van der Waals surface area contributed by atoms with Gasteiger partial charge >= 0.3 is 0 Å². The summed E-state index contributed by atoms with van der Waals surface area (Å²) in [6, 6.07) is 9.35. The van der Waals surface area contributed by atoms with E-state index in [4.69, 9.17) is 12.2 Å². The summed E-state index contributed by atoms with van der Waals surface area (Å²) in [6.07, 6.45) is 2.46. The number of para-hydroxylation sites is 1. The van der Waals surface area contributed by atoms with E-state index in [0.717, 1.165) is 11.2 Å². The topological polar surface area (TPSA) is 55.6 Å². The molecule has 3 rings (SSSR count). The van der Waals surface area contributed by atoms with Crippen LogP contribution >= 0.6 is 12.2 Å². The average molecular weight is 286 g/mol. The number of hydrogen-bond donors (Lipinski definition) is 1. The quantitative estimate of drug-likeness (QED) is 0.750. The first-order chi connectivity index (χ1) is 9.66. The van der Waals surface area contributed by atoms with Gasteiger partial charge in [-0.25, -0.2) is 0 Å². The van der Waals surface area contributed by atoms with Gasteiger partial charge in [0.15, 0.2) is 4.77 Å². The number of nitrogens with zero attached hydrogens (tertiary/aromatic N) is 3. The fourth-order valence-corrected chi connectivity index (χ4v) is 2.56. The zero-order valence-electron chi connectivity index (χ0n) is 11.0. The molecule has 0 amide bonds. The van der Waals surface area contributed by atoms with E-state index in [-0.39, 0.29) is 5.56 Å². The number of hydrogen-bond acceptors (Lipinski definition) is 3. The fourth-order valence-electron chi connectivity index (χ4n) is 2.27. The molecule has 3 aromatic rings.